The van der Waals surface area contributed by atoms with Crippen molar-refractivity contribution in [2.45, 2.75) is 19.1 Å². The molecule has 18 heavy (non-hydrogen) atoms. The van der Waals surface area contributed by atoms with E-state index in [-0.39, 0.29) is 13.0 Å². The number of halogens is 1. The summed E-state index contributed by atoms with van der Waals surface area (Å²) in [5, 5.41) is 7.11. The van der Waals surface area contributed by atoms with Crippen LogP contribution in [0.4, 0.5) is 4.39 Å². The van der Waals surface area contributed by atoms with E-state index in [0.29, 0.717) is 11.3 Å². The second-order valence-corrected chi connectivity index (χ2v) is 3.79. The van der Waals surface area contributed by atoms with Crippen LogP contribution in [0.25, 0.3) is 10.4 Å². The molecule has 92 valence electrons. The largest absolute Gasteiger partial charge is 0.365 e. The van der Waals surface area contributed by atoms with E-state index >= 15 is 0 Å². The minimum Gasteiger partial charge on any atom is -0.365 e. The van der Waals surface area contributed by atoms with E-state index in [1.54, 1.807) is 30.3 Å². The zero-order valence-electron chi connectivity index (χ0n) is 9.53. The van der Waals surface area contributed by atoms with Crippen molar-refractivity contribution in [3.63, 3.8) is 0 Å². The molecule has 1 unspecified atom stereocenters. The second kappa shape index (κ2) is 5.84. The normalized spacial score (nSPS) is 11.8. The first-order chi connectivity index (χ1) is 8.79. The van der Waals surface area contributed by atoms with Gasteiger partial charge in [-0.05, 0) is 16.7 Å². The minimum atomic E-state index is -1.12. The van der Waals surface area contributed by atoms with Crippen molar-refractivity contribution < 1.29 is 8.91 Å². The lowest BCUT2D eigenvalue weighted by Gasteiger charge is -2.07. The van der Waals surface area contributed by atoms with Gasteiger partial charge in [-0.15, -0.1) is 0 Å². The summed E-state index contributed by atoms with van der Waals surface area (Å²) in [5.41, 5.74) is 10.2. The molecule has 0 radical (unpaired) electrons. The first-order valence-corrected chi connectivity index (χ1v) is 5.42. The van der Waals surface area contributed by atoms with Gasteiger partial charge in [-0.1, -0.05) is 34.5 Å². The predicted molar refractivity (Wildman–Crippen MR) is 63.3 cm³/mol. The number of nitrogens with zero attached hydrogens (tertiary/aromatic N) is 4. The summed E-state index contributed by atoms with van der Waals surface area (Å²) < 4.78 is 18.6. The van der Waals surface area contributed by atoms with Crippen molar-refractivity contribution in [3.05, 3.63) is 63.9 Å². The van der Waals surface area contributed by atoms with Crippen LogP contribution in [0.15, 0.2) is 46.2 Å². The van der Waals surface area contributed by atoms with Crippen LogP contribution in [0.5, 0.6) is 0 Å². The molecule has 0 spiro atoms. The minimum absolute atomic E-state index is 0.187. The van der Waals surface area contributed by atoms with Crippen molar-refractivity contribution in [2.24, 2.45) is 5.11 Å². The van der Waals surface area contributed by atoms with Crippen molar-refractivity contribution in [2.75, 3.05) is 0 Å². The number of azide groups is 1. The molecule has 0 N–H and O–H groups in total. The third-order valence-electron chi connectivity index (χ3n) is 2.54. The van der Waals surface area contributed by atoms with Crippen LogP contribution in [-0.2, 0) is 13.0 Å². The average molecular weight is 246 g/mol. The number of alkyl halides is 1. The van der Waals surface area contributed by atoms with Crippen LogP contribution < -0.4 is 0 Å². The highest BCUT2D eigenvalue weighted by Crippen LogP contribution is 2.22. The monoisotopic (exact) mass is 246 g/mol. The van der Waals surface area contributed by atoms with Gasteiger partial charge in [0.15, 0.2) is 0 Å². The molecule has 5 nitrogen and oxygen atoms in total. The molecule has 1 heterocycles. The summed E-state index contributed by atoms with van der Waals surface area (Å²) >= 11 is 0. The number of rotatable bonds is 5. The SMILES string of the molecule is [N-]=[N+]=NCc1ccc(C(F)Cc2ccon2)cc1. The molecule has 0 bridgehead atoms. The molecule has 1 aromatic carbocycles. The summed E-state index contributed by atoms with van der Waals surface area (Å²) in [6.45, 7) is 0.275. The third kappa shape index (κ3) is 3.09. The number of benzene rings is 1. The highest BCUT2D eigenvalue weighted by atomic mass is 19.1. The molecule has 0 aliphatic carbocycles. The highest BCUT2D eigenvalue weighted by Gasteiger charge is 2.12. The quantitative estimate of drug-likeness (QED) is 0.457. The Morgan fingerprint density at radius 1 is 1.33 bits per heavy atom. The Morgan fingerprint density at radius 3 is 2.72 bits per heavy atom. The average Bonchev–Trinajstić information content (AvgIpc) is 2.89. The van der Waals surface area contributed by atoms with Crippen molar-refractivity contribution >= 4 is 0 Å². The lowest BCUT2D eigenvalue weighted by molar-refractivity contribution is 0.330. The van der Waals surface area contributed by atoms with Crippen LogP contribution in [-0.4, -0.2) is 5.16 Å². The fourth-order valence-electron chi connectivity index (χ4n) is 1.59. The van der Waals surface area contributed by atoms with Gasteiger partial charge in [0.2, 0.25) is 0 Å². The van der Waals surface area contributed by atoms with Gasteiger partial charge >= 0.3 is 0 Å². The maximum Gasteiger partial charge on any atom is 0.131 e. The Kier molecular flexibility index (Phi) is 3.94. The number of aromatic nitrogens is 1. The Morgan fingerprint density at radius 2 is 2.11 bits per heavy atom. The Labute approximate surface area is 103 Å². The van der Waals surface area contributed by atoms with E-state index in [0.717, 1.165) is 5.56 Å². The molecule has 6 heteroatoms. The molecule has 0 saturated heterocycles. The van der Waals surface area contributed by atoms with E-state index in [4.69, 9.17) is 5.53 Å². The van der Waals surface area contributed by atoms with E-state index in [1.807, 2.05) is 0 Å². The highest BCUT2D eigenvalue weighted by molar-refractivity contribution is 5.25. The van der Waals surface area contributed by atoms with Gasteiger partial charge in [0.1, 0.15) is 12.4 Å². The van der Waals surface area contributed by atoms with Gasteiger partial charge < -0.3 is 4.52 Å². The summed E-state index contributed by atoms with van der Waals surface area (Å²) in [7, 11) is 0. The molecule has 0 saturated carbocycles. The fourth-order valence-corrected chi connectivity index (χ4v) is 1.59. The molecular formula is C12H11FN4O. The summed E-state index contributed by atoms with van der Waals surface area (Å²) in [4.78, 5) is 2.67. The van der Waals surface area contributed by atoms with Crippen LogP contribution in [0, 0.1) is 0 Å². The Hall–Kier alpha value is -2.33. The molecule has 2 rings (SSSR count). The molecule has 0 fully saturated rings. The lowest BCUT2D eigenvalue weighted by atomic mass is 10.0. The van der Waals surface area contributed by atoms with Gasteiger partial charge in [-0.2, -0.15) is 0 Å². The van der Waals surface area contributed by atoms with Gasteiger partial charge in [0, 0.05) is 17.4 Å². The maximum absolute atomic E-state index is 13.9. The van der Waals surface area contributed by atoms with Crippen LogP contribution in [0.3, 0.4) is 0 Å². The van der Waals surface area contributed by atoms with Crippen LogP contribution >= 0.6 is 0 Å². The van der Waals surface area contributed by atoms with Crippen LogP contribution in [0.1, 0.15) is 23.0 Å². The van der Waals surface area contributed by atoms with E-state index in [2.05, 4.69) is 19.7 Å². The maximum atomic E-state index is 13.9. The van der Waals surface area contributed by atoms with E-state index < -0.39 is 6.17 Å². The van der Waals surface area contributed by atoms with E-state index in [9.17, 15) is 4.39 Å². The summed E-state index contributed by atoms with van der Waals surface area (Å²) in [5.74, 6) is 0. The zero-order chi connectivity index (χ0) is 12.8. The fraction of sp³-hybridized carbons (Fsp3) is 0.250. The molecule has 2 aromatic rings. The Balaban J connectivity index is 2.02. The smallest absolute Gasteiger partial charge is 0.131 e. The van der Waals surface area contributed by atoms with Gasteiger partial charge in [0.25, 0.3) is 0 Å². The standard InChI is InChI=1S/C12H11FN4O/c13-12(7-11-5-6-18-16-11)10-3-1-9(2-4-10)8-15-17-14/h1-6,12H,7-8H2. The van der Waals surface area contributed by atoms with Gasteiger partial charge in [0.05, 0.1) is 12.2 Å². The van der Waals surface area contributed by atoms with E-state index in [1.165, 1.54) is 6.26 Å². The molecule has 0 amide bonds. The summed E-state index contributed by atoms with van der Waals surface area (Å²) in [6, 6.07) is 8.52. The first kappa shape index (κ1) is 12.1. The molecule has 1 aromatic heterocycles. The molecule has 1 atom stereocenters. The molecule has 0 aliphatic rings. The number of hydrogen-bond acceptors (Lipinski definition) is 3. The lowest BCUT2D eigenvalue weighted by Crippen LogP contribution is -1.97. The second-order valence-electron chi connectivity index (χ2n) is 3.79. The topological polar surface area (TPSA) is 74.8 Å². The van der Waals surface area contributed by atoms with Crippen LogP contribution in [0.2, 0.25) is 0 Å². The third-order valence-corrected chi connectivity index (χ3v) is 2.54. The van der Waals surface area contributed by atoms with Crippen molar-refractivity contribution in [3.8, 4) is 0 Å². The van der Waals surface area contributed by atoms with Crippen molar-refractivity contribution in [1.82, 2.24) is 5.16 Å². The predicted octanol–water partition coefficient (Wildman–Crippen LogP) is 3.74. The first-order valence-electron chi connectivity index (χ1n) is 5.42. The van der Waals surface area contributed by atoms with Crippen molar-refractivity contribution in [1.29, 1.82) is 0 Å². The zero-order valence-corrected chi connectivity index (χ0v) is 9.53. The molecular weight excluding hydrogens is 235 g/mol. The number of hydrogen-bond donors (Lipinski definition) is 0. The van der Waals surface area contributed by atoms with Gasteiger partial charge in [-0.3, -0.25) is 0 Å². The Bertz CT molecular complexity index is 532. The van der Waals surface area contributed by atoms with Gasteiger partial charge in [-0.25, -0.2) is 4.39 Å². The molecule has 0 aliphatic heterocycles. The summed E-state index contributed by atoms with van der Waals surface area (Å²) in [6.07, 6.45) is 0.487.